The van der Waals surface area contributed by atoms with Crippen LogP contribution in [0.3, 0.4) is 0 Å². The Kier molecular flexibility index (Phi) is 2.79. The van der Waals surface area contributed by atoms with Gasteiger partial charge in [-0.15, -0.1) is 0 Å². The molecule has 4 rings (SSSR count). The molecular weight excluding hydrogens is 278 g/mol. The smallest absolute Gasteiger partial charge is 0.136 e. The lowest BCUT2D eigenvalue weighted by Crippen LogP contribution is -2.09. The fraction of sp³-hybridized carbons (Fsp3) is 0.118. The first-order valence-electron chi connectivity index (χ1n) is 6.88. The maximum Gasteiger partial charge on any atom is 0.136 e. The summed E-state index contributed by atoms with van der Waals surface area (Å²) in [5.41, 5.74) is 3.45. The van der Waals surface area contributed by atoms with Gasteiger partial charge in [0, 0.05) is 25.1 Å². The number of imidazole rings is 1. The van der Waals surface area contributed by atoms with Crippen molar-refractivity contribution in [3.05, 3.63) is 59.4 Å². The minimum absolute atomic E-state index is 0.985. The molecule has 0 saturated heterocycles. The molecule has 1 aromatic heterocycles. The van der Waals surface area contributed by atoms with Crippen LogP contribution in [0.2, 0.25) is 0 Å². The summed E-state index contributed by atoms with van der Waals surface area (Å²) in [6.07, 6.45) is 2.16. The zero-order valence-corrected chi connectivity index (χ0v) is 12.8. The minimum atomic E-state index is 0.985. The molecular formula is C17H15N3S. The Bertz CT molecular complexity index is 863. The third kappa shape index (κ3) is 1.94. The van der Waals surface area contributed by atoms with Crippen molar-refractivity contribution in [2.24, 2.45) is 7.05 Å². The normalized spacial score (nSPS) is 15.9. The van der Waals surface area contributed by atoms with E-state index in [2.05, 4.69) is 66.0 Å². The first-order chi connectivity index (χ1) is 10.2. The molecule has 3 nitrogen and oxygen atoms in total. The molecule has 0 bridgehead atoms. The van der Waals surface area contributed by atoms with E-state index in [1.54, 1.807) is 11.8 Å². The van der Waals surface area contributed by atoms with E-state index >= 15 is 0 Å². The number of para-hydroxylation sites is 3. The molecule has 0 radical (unpaired) electrons. The quantitative estimate of drug-likeness (QED) is 0.673. The number of rotatable bonds is 1. The van der Waals surface area contributed by atoms with Gasteiger partial charge in [0.1, 0.15) is 5.82 Å². The van der Waals surface area contributed by atoms with E-state index in [0.29, 0.717) is 0 Å². The predicted octanol–water partition coefficient (Wildman–Crippen LogP) is 4.11. The van der Waals surface area contributed by atoms with Gasteiger partial charge in [-0.05, 0) is 24.3 Å². The van der Waals surface area contributed by atoms with Crippen LogP contribution in [0, 0.1) is 0 Å². The third-order valence-corrected chi connectivity index (χ3v) is 5.01. The van der Waals surface area contributed by atoms with Gasteiger partial charge in [0.2, 0.25) is 0 Å². The van der Waals surface area contributed by atoms with Crippen LogP contribution >= 0.6 is 11.8 Å². The molecule has 0 spiro atoms. The van der Waals surface area contributed by atoms with Crippen molar-refractivity contribution in [3.8, 4) is 0 Å². The van der Waals surface area contributed by atoms with E-state index in [1.165, 1.54) is 15.6 Å². The van der Waals surface area contributed by atoms with Gasteiger partial charge in [-0.3, -0.25) is 0 Å². The lowest BCUT2D eigenvalue weighted by molar-refractivity contribution is 0.928. The third-order valence-electron chi connectivity index (χ3n) is 3.85. The summed E-state index contributed by atoms with van der Waals surface area (Å²) in [6, 6.07) is 16.7. The Morgan fingerprint density at radius 2 is 1.76 bits per heavy atom. The zero-order valence-electron chi connectivity index (χ0n) is 11.9. The maximum atomic E-state index is 4.72. The molecule has 0 fully saturated rings. The summed E-state index contributed by atoms with van der Waals surface area (Å²) in [5.74, 6) is 0.985. The lowest BCUT2D eigenvalue weighted by atomic mass is 10.3. The van der Waals surface area contributed by atoms with Gasteiger partial charge in [-0.2, -0.15) is 0 Å². The molecule has 104 valence electrons. The van der Waals surface area contributed by atoms with Crippen molar-refractivity contribution in [1.82, 2.24) is 9.55 Å². The van der Waals surface area contributed by atoms with E-state index in [-0.39, 0.29) is 0 Å². The van der Waals surface area contributed by atoms with E-state index in [4.69, 9.17) is 4.98 Å². The van der Waals surface area contributed by atoms with Crippen LogP contribution in [0.15, 0.2) is 58.5 Å². The molecule has 2 aromatic carbocycles. The van der Waals surface area contributed by atoms with Gasteiger partial charge in [0.15, 0.2) is 0 Å². The summed E-state index contributed by atoms with van der Waals surface area (Å²) >= 11 is 1.79. The van der Waals surface area contributed by atoms with Gasteiger partial charge < -0.3 is 9.47 Å². The predicted molar refractivity (Wildman–Crippen MR) is 89.4 cm³/mol. The van der Waals surface area contributed by atoms with Crippen molar-refractivity contribution in [2.75, 3.05) is 11.9 Å². The van der Waals surface area contributed by atoms with E-state index < -0.39 is 0 Å². The fourth-order valence-corrected chi connectivity index (χ4v) is 3.73. The van der Waals surface area contributed by atoms with E-state index in [0.717, 1.165) is 16.9 Å². The van der Waals surface area contributed by atoms with Crippen LogP contribution in [0.4, 0.5) is 5.69 Å². The zero-order chi connectivity index (χ0) is 14.4. The highest BCUT2D eigenvalue weighted by Gasteiger charge is 2.21. The average molecular weight is 293 g/mol. The summed E-state index contributed by atoms with van der Waals surface area (Å²) in [7, 11) is 4.17. The van der Waals surface area contributed by atoms with Crippen LogP contribution in [-0.2, 0) is 7.05 Å². The van der Waals surface area contributed by atoms with Gasteiger partial charge in [-0.1, -0.05) is 36.0 Å². The lowest BCUT2D eigenvalue weighted by Gasteiger charge is -2.13. The number of nitrogens with zero attached hydrogens (tertiary/aromatic N) is 3. The van der Waals surface area contributed by atoms with E-state index in [9.17, 15) is 0 Å². The van der Waals surface area contributed by atoms with Crippen LogP contribution in [0.25, 0.3) is 17.1 Å². The van der Waals surface area contributed by atoms with Crippen LogP contribution in [0.5, 0.6) is 0 Å². The number of aromatic nitrogens is 2. The Labute approximate surface area is 127 Å². The Morgan fingerprint density at radius 1 is 1.00 bits per heavy atom. The van der Waals surface area contributed by atoms with Crippen molar-refractivity contribution >= 4 is 34.6 Å². The molecule has 0 aliphatic carbocycles. The van der Waals surface area contributed by atoms with Crippen molar-refractivity contribution in [3.63, 3.8) is 0 Å². The number of anilines is 1. The number of aryl methyl sites for hydroxylation is 1. The second kappa shape index (κ2) is 4.67. The van der Waals surface area contributed by atoms with E-state index in [1.807, 2.05) is 12.1 Å². The monoisotopic (exact) mass is 293 g/mol. The molecule has 3 aromatic rings. The summed E-state index contributed by atoms with van der Waals surface area (Å²) in [6.45, 7) is 0. The Hall–Kier alpha value is -2.20. The average Bonchev–Trinajstić information content (AvgIpc) is 2.99. The summed E-state index contributed by atoms with van der Waals surface area (Å²) in [4.78, 5) is 8.24. The first kappa shape index (κ1) is 12.5. The highest BCUT2D eigenvalue weighted by molar-refractivity contribution is 8.03. The summed E-state index contributed by atoms with van der Waals surface area (Å²) < 4.78 is 2.14. The molecule has 4 heteroatoms. The Morgan fingerprint density at radius 3 is 2.57 bits per heavy atom. The van der Waals surface area contributed by atoms with Gasteiger partial charge in [0.05, 0.1) is 21.7 Å². The number of benzene rings is 2. The standard InChI is InChI=1S/C17H15N3S/c1-19-13-8-4-3-7-12(13)18-16(19)11-17-20(2)14-9-5-6-10-15(14)21-17/h3-11H,1-2H3. The number of fused-ring (bicyclic) bond motifs is 2. The molecule has 1 aliphatic heterocycles. The first-order valence-corrected chi connectivity index (χ1v) is 7.69. The molecule has 21 heavy (non-hydrogen) atoms. The molecule has 0 N–H and O–H groups in total. The topological polar surface area (TPSA) is 21.1 Å². The van der Waals surface area contributed by atoms with Gasteiger partial charge >= 0.3 is 0 Å². The summed E-state index contributed by atoms with van der Waals surface area (Å²) in [5, 5.41) is 1.20. The minimum Gasteiger partial charge on any atom is -0.338 e. The number of hydrogen-bond donors (Lipinski definition) is 0. The fourth-order valence-electron chi connectivity index (χ4n) is 2.65. The van der Waals surface area contributed by atoms with Gasteiger partial charge in [-0.25, -0.2) is 4.98 Å². The van der Waals surface area contributed by atoms with Crippen LogP contribution in [-0.4, -0.2) is 16.6 Å². The molecule has 2 heterocycles. The van der Waals surface area contributed by atoms with Crippen molar-refractivity contribution in [2.45, 2.75) is 4.90 Å². The molecule has 1 aliphatic rings. The molecule has 0 saturated carbocycles. The largest absolute Gasteiger partial charge is 0.338 e. The number of thioether (sulfide) groups is 1. The van der Waals surface area contributed by atoms with Crippen molar-refractivity contribution < 1.29 is 0 Å². The van der Waals surface area contributed by atoms with Crippen molar-refractivity contribution in [1.29, 1.82) is 0 Å². The Balaban J connectivity index is 1.80. The number of hydrogen-bond acceptors (Lipinski definition) is 3. The molecule has 0 amide bonds. The highest BCUT2D eigenvalue weighted by Crippen LogP contribution is 2.45. The SMILES string of the molecule is CN1C(=Cc2nc3ccccc3n2C)Sc2ccccc21. The van der Waals surface area contributed by atoms with Crippen LogP contribution < -0.4 is 4.90 Å². The second-order valence-corrected chi connectivity index (χ2v) is 6.19. The second-order valence-electron chi connectivity index (χ2n) is 5.13. The van der Waals surface area contributed by atoms with Crippen LogP contribution in [0.1, 0.15) is 5.82 Å². The highest BCUT2D eigenvalue weighted by atomic mass is 32.2. The maximum absolute atomic E-state index is 4.72. The molecule has 0 atom stereocenters. The van der Waals surface area contributed by atoms with Gasteiger partial charge in [0.25, 0.3) is 0 Å². The molecule has 0 unspecified atom stereocenters.